The molecule has 0 amide bonds. The van der Waals surface area contributed by atoms with Gasteiger partial charge >= 0.3 is 0 Å². The Labute approximate surface area is 169 Å². The molecule has 27 heavy (non-hydrogen) atoms. The van der Waals surface area contributed by atoms with Crippen molar-refractivity contribution in [1.29, 1.82) is 0 Å². The molecule has 3 rings (SSSR count). The number of hydrogen-bond acceptors (Lipinski definition) is 5. The minimum absolute atomic E-state index is 0.0256. The highest BCUT2D eigenvalue weighted by Gasteiger charge is 2.33. The van der Waals surface area contributed by atoms with Gasteiger partial charge < -0.3 is 4.55 Å². The topological polar surface area (TPSA) is 70.1 Å². The number of thiazole rings is 1. The summed E-state index contributed by atoms with van der Waals surface area (Å²) in [5.74, 6) is -0.0760. The van der Waals surface area contributed by atoms with Gasteiger partial charge in [-0.2, -0.15) is 0 Å². The van der Waals surface area contributed by atoms with E-state index in [0.717, 1.165) is 11.3 Å². The largest absolute Gasteiger partial charge is 0.611 e. The van der Waals surface area contributed by atoms with Crippen LogP contribution in [-0.4, -0.2) is 23.7 Å². The normalized spacial score (nSPS) is 12.9. The van der Waals surface area contributed by atoms with Crippen LogP contribution < -0.4 is 0 Å². The molecule has 1 heterocycles. The summed E-state index contributed by atoms with van der Waals surface area (Å²) in [7, 11) is -3.97. The van der Waals surface area contributed by atoms with Gasteiger partial charge in [0.1, 0.15) is 16.6 Å². The number of hydrogen-bond donors (Lipinski definition) is 0. The van der Waals surface area contributed by atoms with Crippen LogP contribution in [0.15, 0.2) is 62.7 Å². The van der Waals surface area contributed by atoms with Gasteiger partial charge in [-0.1, -0.05) is 29.9 Å². The highest BCUT2D eigenvalue weighted by Crippen LogP contribution is 2.37. The smallest absolute Gasteiger partial charge is 0.246 e. The van der Waals surface area contributed by atoms with Crippen LogP contribution in [0.25, 0.3) is 10.6 Å². The van der Waals surface area contributed by atoms with Crippen LogP contribution in [-0.2, 0) is 21.0 Å². The molecule has 4 nitrogen and oxygen atoms in total. The second kappa shape index (κ2) is 8.28. The first-order valence-electron chi connectivity index (χ1n) is 7.98. The molecule has 0 spiro atoms. The van der Waals surface area contributed by atoms with Crippen molar-refractivity contribution in [3.8, 4) is 10.6 Å². The fourth-order valence-corrected chi connectivity index (χ4v) is 7.07. The van der Waals surface area contributed by atoms with Crippen LogP contribution in [0.3, 0.4) is 0 Å². The third kappa shape index (κ3) is 4.35. The lowest BCUT2D eigenvalue weighted by Gasteiger charge is -2.09. The van der Waals surface area contributed by atoms with Crippen LogP contribution in [0.2, 0.25) is 5.02 Å². The van der Waals surface area contributed by atoms with Crippen molar-refractivity contribution >= 4 is 44.0 Å². The lowest BCUT2D eigenvalue weighted by molar-refractivity contribution is 0.581. The zero-order valence-corrected chi connectivity index (χ0v) is 17.4. The average Bonchev–Trinajstić information content (AvgIpc) is 3.09. The van der Waals surface area contributed by atoms with Crippen molar-refractivity contribution in [1.82, 2.24) is 4.98 Å². The summed E-state index contributed by atoms with van der Waals surface area (Å²) in [5, 5.41) is 0.567. The van der Waals surface area contributed by atoms with Gasteiger partial charge in [-0.15, -0.1) is 0 Å². The molecule has 0 saturated carbocycles. The number of aromatic nitrogens is 1. The van der Waals surface area contributed by atoms with Crippen LogP contribution in [0.1, 0.15) is 13.3 Å². The van der Waals surface area contributed by atoms with Crippen molar-refractivity contribution in [2.24, 2.45) is 0 Å². The zero-order chi connectivity index (χ0) is 19.6. The Hall–Kier alpha value is -1.45. The number of nitrogens with zero attached hydrogens (tertiary/aromatic N) is 1. The van der Waals surface area contributed by atoms with Gasteiger partial charge in [0.05, 0.1) is 4.90 Å². The second-order valence-electron chi connectivity index (χ2n) is 5.63. The van der Waals surface area contributed by atoms with Crippen molar-refractivity contribution in [3.63, 3.8) is 0 Å². The molecule has 0 radical (unpaired) electrons. The van der Waals surface area contributed by atoms with Gasteiger partial charge in [0.2, 0.25) is 19.1 Å². The molecule has 0 aliphatic carbocycles. The summed E-state index contributed by atoms with van der Waals surface area (Å²) >= 11 is 5.39. The highest BCUT2D eigenvalue weighted by molar-refractivity contribution is 7.96. The predicted octanol–water partition coefficient (Wildman–Crippen LogP) is 4.95. The van der Waals surface area contributed by atoms with E-state index in [2.05, 4.69) is 4.98 Å². The van der Waals surface area contributed by atoms with E-state index < -0.39 is 26.8 Å². The van der Waals surface area contributed by atoms with Gasteiger partial charge in [-0.25, -0.2) is 17.8 Å². The third-order valence-corrected chi connectivity index (χ3v) is 8.93. The van der Waals surface area contributed by atoms with Crippen molar-refractivity contribution in [2.45, 2.75) is 27.5 Å². The van der Waals surface area contributed by atoms with Crippen molar-refractivity contribution in [2.75, 3.05) is 5.75 Å². The Kier molecular flexibility index (Phi) is 6.22. The molecular weight excluding hydrogens is 429 g/mol. The fourth-order valence-electron chi connectivity index (χ4n) is 2.33. The summed E-state index contributed by atoms with van der Waals surface area (Å²) in [6.45, 7) is 1.87. The monoisotopic (exact) mass is 443 g/mol. The van der Waals surface area contributed by atoms with Gasteiger partial charge in [0, 0.05) is 10.6 Å². The molecule has 2 aromatic carbocycles. The van der Waals surface area contributed by atoms with E-state index in [1.165, 1.54) is 48.5 Å². The lowest BCUT2D eigenvalue weighted by Crippen LogP contribution is -2.11. The third-order valence-electron chi connectivity index (χ3n) is 3.63. The van der Waals surface area contributed by atoms with E-state index in [-0.39, 0.29) is 14.1 Å². The minimum atomic E-state index is -3.97. The second-order valence-corrected chi connectivity index (χ2v) is 10.7. The number of halogens is 2. The molecule has 1 unspecified atom stereocenters. The number of rotatable bonds is 6. The Morgan fingerprint density at radius 1 is 1.15 bits per heavy atom. The van der Waals surface area contributed by atoms with Crippen molar-refractivity contribution in [3.05, 3.63) is 59.4 Å². The Bertz CT molecular complexity index is 1030. The zero-order valence-electron chi connectivity index (χ0n) is 14.2. The molecule has 1 aromatic heterocycles. The molecule has 3 aromatic rings. The summed E-state index contributed by atoms with van der Waals surface area (Å²) in [5.41, 5.74) is 0.564. The molecular formula is C18H15ClFNO3S3. The number of benzene rings is 2. The van der Waals surface area contributed by atoms with Gasteiger partial charge in [-0.05, 0) is 66.1 Å². The van der Waals surface area contributed by atoms with Gasteiger partial charge in [-0.3, -0.25) is 0 Å². The van der Waals surface area contributed by atoms with Crippen molar-refractivity contribution < 1.29 is 17.4 Å². The average molecular weight is 444 g/mol. The Balaban J connectivity index is 2.14. The molecule has 0 bridgehead atoms. The summed E-state index contributed by atoms with van der Waals surface area (Å²) in [6.07, 6.45) is 0.636. The Morgan fingerprint density at radius 3 is 2.37 bits per heavy atom. The highest BCUT2D eigenvalue weighted by atomic mass is 35.5. The van der Waals surface area contributed by atoms with E-state index in [1.54, 1.807) is 0 Å². The fraction of sp³-hybridized carbons (Fsp3) is 0.167. The van der Waals surface area contributed by atoms with E-state index >= 15 is 0 Å². The maximum absolute atomic E-state index is 13.2. The summed E-state index contributed by atoms with van der Waals surface area (Å²) in [6, 6.07) is 11.3. The van der Waals surface area contributed by atoms with Gasteiger partial charge in [0.25, 0.3) is 0 Å². The SMILES string of the molecule is CCC[S+]([O-])c1sc(-c2ccc(F)cc2)nc1S(=O)(=O)c1ccc(Cl)cc1. The van der Waals surface area contributed by atoms with Crippen LogP contribution in [0.5, 0.6) is 0 Å². The van der Waals surface area contributed by atoms with E-state index in [4.69, 9.17) is 11.6 Å². The van der Waals surface area contributed by atoms with Crippen LogP contribution in [0.4, 0.5) is 4.39 Å². The maximum Gasteiger partial charge on any atom is 0.246 e. The maximum atomic E-state index is 13.2. The molecule has 0 N–H and O–H groups in total. The van der Waals surface area contributed by atoms with Crippen LogP contribution >= 0.6 is 22.9 Å². The quantitative estimate of drug-likeness (QED) is 0.505. The lowest BCUT2D eigenvalue weighted by atomic mass is 10.2. The standard InChI is InChI=1S/C18H15ClFNO3S3/c1-2-11-26(22)18-17(27(23,24)15-9-5-13(19)6-10-15)21-16(25-18)12-3-7-14(20)8-4-12/h3-10H,2,11H2,1H3. The first kappa shape index (κ1) is 20.3. The van der Waals surface area contributed by atoms with Gasteiger partial charge in [0.15, 0.2) is 0 Å². The summed E-state index contributed by atoms with van der Waals surface area (Å²) < 4.78 is 52.2. The summed E-state index contributed by atoms with van der Waals surface area (Å²) in [4.78, 5) is 4.29. The van der Waals surface area contributed by atoms with E-state index in [1.807, 2.05) is 6.92 Å². The molecule has 9 heteroatoms. The molecule has 0 fully saturated rings. The molecule has 1 atom stereocenters. The predicted molar refractivity (Wildman–Crippen MR) is 106 cm³/mol. The van der Waals surface area contributed by atoms with Crippen LogP contribution in [0, 0.1) is 5.82 Å². The molecule has 0 saturated heterocycles. The Morgan fingerprint density at radius 2 is 1.78 bits per heavy atom. The minimum Gasteiger partial charge on any atom is -0.611 e. The molecule has 0 aliphatic heterocycles. The first-order valence-corrected chi connectivity index (χ1v) is 12.0. The molecule has 142 valence electrons. The number of sulfone groups is 1. The van der Waals surface area contributed by atoms with E-state index in [9.17, 15) is 17.4 Å². The van der Waals surface area contributed by atoms with E-state index in [0.29, 0.717) is 27.8 Å². The molecule has 0 aliphatic rings. The first-order chi connectivity index (χ1) is 12.8.